The summed E-state index contributed by atoms with van der Waals surface area (Å²) in [7, 11) is 0. The first-order chi connectivity index (χ1) is 13.5. The first-order valence-electron chi connectivity index (χ1n) is 9.46. The van der Waals surface area contributed by atoms with Crippen molar-refractivity contribution in [3.05, 3.63) is 42.2 Å². The Morgan fingerprint density at radius 2 is 1.96 bits per heavy atom. The maximum Gasteiger partial charge on any atom is 0.248 e. The van der Waals surface area contributed by atoms with Gasteiger partial charge in [0, 0.05) is 24.7 Å². The van der Waals surface area contributed by atoms with Crippen LogP contribution in [-0.2, 0) is 14.4 Å². The second-order valence-electron chi connectivity index (χ2n) is 7.16. The number of carbonyl (C=O) groups excluding carboxylic acids is 3. The number of nitrogens with zero attached hydrogens (tertiary/aromatic N) is 3. The summed E-state index contributed by atoms with van der Waals surface area (Å²) in [4.78, 5) is 41.6. The van der Waals surface area contributed by atoms with Gasteiger partial charge in [0.2, 0.25) is 17.7 Å². The van der Waals surface area contributed by atoms with E-state index in [2.05, 4.69) is 10.5 Å². The van der Waals surface area contributed by atoms with Gasteiger partial charge in [-0.2, -0.15) is 0 Å². The van der Waals surface area contributed by atoms with Gasteiger partial charge in [-0.25, -0.2) is 0 Å². The molecule has 8 nitrogen and oxygen atoms in total. The molecule has 0 saturated carbocycles. The van der Waals surface area contributed by atoms with Crippen molar-refractivity contribution < 1.29 is 18.9 Å². The molecule has 2 unspecified atom stereocenters. The fourth-order valence-corrected chi connectivity index (χ4v) is 3.96. The van der Waals surface area contributed by atoms with E-state index in [9.17, 15) is 14.4 Å². The molecular weight excluding hydrogens is 360 g/mol. The third kappa shape index (κ3) is 3.37. The molecule has 4 rings (SSSR count). The van der Waals surface area contributed by atoms with Crippen molar-refractivity contribution in [1.82, 2.24) is 10.1 Å². The molecule has 2 aliphatic heterocycles. The number of anilines is 2. The van der Waals surface area contributed by atoms with Crippen LogP contribution in [0.3, 0.4) is 0 Å². The van der Waals surface area contributed by atoms with Crippen LogP contribution in [0.5, 0.6) is 0 Å². The van der Waals surface area contributed by atoms with Gasteiger partial charge in [0.15, 0.2) is 5.82 Å². The highest BCUT2D eigenvalue weighted by molar-refractivity contribution is 6.05. The first-order valence-corrected chi connectivity index (χ1v) is 9.46. The lowest BCUT2D eigenvalue weighted by atomic mass is 10.1. The zero-order valence-electron chi connectivity index (χ0n) is 15.6. The Labute approximate surface area is 162 Å². The van der Waals surface area contributed by atoms with E-state index in [0.29, 0.717) is 43.1 Å². The quantitative estimate of drug-likeness (QED) is 0.874. The Kier molecular flexibility index (Phi) is 4.85. The van der Waals surface area contributed by atoms with Crippen LogP contribution in [0.1, 0.15) is 31.4 Å². The number of nitrogens with one attached hydrogen (secondary N) is 1. The summed E-state index contributed by atoms with van der Waals surface area (Å²) in [5.41, 5.74) is 0.710. The van der Waals surface area contributed by atoms with Gasteiger partial charge < -0.3 is 14.7 Å². The van der Waals surface area contributed by atoms with E-state index in [1.54, 1.807) is 22.8 Å². The standard InChI is InChI=1S/C20H22N4O4/c1-13-12-17(22-28-13)21-19(26)15-8-5-11-23(15)20(27)16-9-10-18(25)24(16)14-6-3-2-4-7-14/h2-4,6-7,12,15-16H,5,8-11H2,1H3,(H,21,22,26). The summed E-state index contributed by atoms with van der Waals surface area (Å²) >= 11 is 0. The van der Waals surface area contributed by atoms with E-state index in [-0.39, 0.29) is 17.7 Å². The largest absolute Gasteiger partial charge is 0.360 e. The number of carbonyl (C=O) groups is 3. The minimum Gasteiger partial charge on any atom is -0.360 e. The third-order valence-corrected chi connectivity index (χ3v) is 5.25. The molecule has 8 heteroatoms. The minimum atomic E-state index is -0.572. The Morgan fingerprint density at radius 1 is 1.18 bits per heavy atom. The van der Waals surface area contributed by atoms with E-state index in [0.717, 1.165) is 6.42 Å². The third-order valence-electron chi connectivity index (χ3n) is 5.25. The van der Waals surface area contributed by atoms with E-state index in [1.165, 1.54) is 0 Å². The van der Waals surface area contributed by atoms with Crippen LogP contribution in [-0.4, -0.2) is 46.4 Å². The van der Waals surface area contributed by atoms with Crippen LogP contribution >= 0.6 is 0 Å². The minimum absolute atomic E-state index is 0.0668. The van der Waals surface area contributed by atoms with Crippen molar-refractivity contribution in [2.45, 2.75) is 44.7 Å². The van der Waals surface area contributed by atoms with E-state index in [1.807, 2.05) is 30.3 Å². The van der Waals surface area contributed by atoms with E-state index < -0.39 is 12.1 Å². The Hall–Kier alpha value is -3.16. The summed E-state index contributed by atoms with van der Waals surface area (Å²) < 4.78 is 4.97. The fraction of sp³-hybridized carbons (Fsp3) is 0.400. The lowest BCUT2D eigenvalue weighted by Crippen LogP contribution is -2.51. The smallest absolute Gasteiger partial charge is 0.248 e. The predicted molar refractivity (Wildman–Crippen MR) is 102 cm³/mol. The second-order valence-corrected chi connectivity index (χ2v) is 7.16. The molecule has 28 heavy (non-hydrogen) atoms. The summed E-state index contributed by atoms with van der Waals surface area (Å²) in [5.74, 6) is 0.405. The molecule has 3 amide bonds. The highest BCUT2D eigenvalue weighted by atomic mass is 16.5. The van der Waals surface area contributed by atoms with E-state index >= 15 is 0 Å². The van der Waals surface area contributed by atoms with Gasteiger partial charge in [0.1, 0.15) is 17.8 Å². The molecule has 0 aliphatic carbocycles. The molecule has 1 N–H and O–H groups in total. The number of hydrogen-bond donors (Lipinski definition) is 1. The van der Waals surface area contributed by atoms with Gasteiger partial charge in [-0.3, -0.25) is 19.3 Å². The molecule has 0 bridgehead atoms. The highest BCUT2D eigenvalue weighted by Crippen LogP contribution is 2.30. The molecule has 2 saturated heterocycles. The molecule has 1 aromatic carbocycles. The summed E-state index contributed by atoms with van der Waals surface area (Å²) in [6, 6.07) is 9.69. The molecule has 146 valence electrons. The van der Waals surface area contributed by atoms with Crippen LogP contribution in [0.2, 0.25) is 0 Å². The average Bonchev–Trinajstić information content (AvgIpc) is 3.42. The lowest BCUT2D eigenvalue weighted by molar-refractivity contribution is -0.137. The highest BCUT2D eigenvalue weighted by Gasteiger charge is 2.43. The van der Waals surface area contributed by atoms with Gasteiger partial charge in [-0.15, -0.1) is 0 Å². The molecule has 1 aromatic heterocycles. The number of aromatic nitrogens is 1. The second kappa shape index (κ2) is 7.46. The number of hydrogen-bond acceptors (Lipinski definition) is 5. The molecule has 0 spiro atoms. The van der Waals surface area contributed by atoms with Gasteiger partial charge in [0.05, 0.1) is 0 Å². The molecule has 3 heterocycles. The normalized spacial score (nSPS) is 22.0. The van der Waals surface area contributed by atoms with Crippen molar-refractivity contribution in [2.75, 3.05) is 16.8 Å². The zero-order valence-corrected chi connectivity index (χ0v) is 15.6. The van der Waals surface area contributed by atoms with Gasteiger partial charge >= 0.3 is 0 Å². The van der Waals surface area contributed by atoms with Crippen molar-refractivity contribution in [1.29, 1.82) is 0 Å². The monoisotopic (exact) mass is 382 g/mol. The number of benzene rings is 1. The number of rotatable bonds is 4. The molecule has 2 atom stereocenters. The Balaban J connectivity index is 1.51. The number of likely N-dealkylation sites (tertiary alicyclic amines) is 1. The number of para-hydroxylation sites is 1. The van der Waals surface area contributed by atoms with Crippen LogP contribution < -0.4 is 10.2 Å². The van der Waals surface area contributed by atoms with Crippen LogP contribution in [0, 0.1) is 6.92 Å². The summed E-state index contributed by atoms with van der Waals surface area (Å²) in [6.45, 7) is 2.24. The molecule has 2 fully saturated rings. The predicted octanol–water partition coefficient (Wildman–Crippen LogP) is 2.11. The van der Waals surface area contributed by atoms with Crippen molar-refractivity contribution in [3.63, 3.8) is 0 Å². The lowest BCUT2D eigenvalue weighted by Gasteiger charge is -2.30. The first kappa shape index (κ1) is 18.2. The zero-order chi connectivity index (χ0) is 19.7. The molecule has 2 aromatic rings. The van der Waals surface area contributed by atoms with Gasteiger partial charge in [-0.1, -0.05) is 23.4 Å². The maximum atomic E-state index is 13.3. The number of aryl methyl sites for hydroxylation is 1. The van der Waals surface area contributed by atoms with Crippen LogP contribution in [0.15, 0.2) is 40.9 Å². The molecular formula is C20H22N4O4. The molecule has 2 aliphatic rings. The fourth-order valence-electron chi connectivity index (χ4n) is 3.96. The van der Waals surface area contributed by atoms with Gasteiger partial charge in [0.25, 0.3) is 0 Å². The topological polar surface area (TPSA) is 95.8 Å². The Bertz CT molecular complexity index is 895. The maximum absolute atomic E-state index is 13.3. The molecule has 0 radical (unpaired) electrons. The average molecular weight is 382 g/mol. The van der Waals surface area contributed by atoms with Crippen molar-refractivity contribution in [2.24, 2.45) is 0 Å². The number of amides is 3. The van der Waals surface area contributed by atoms with E-state index in [4.69, 9.17) is 4.52 Å². The summed E-state index contributed by atoms with van der Waals surface area (Å²) in [5, 5.41) is 6.49. The van der Waals surface area contributed by atoms with Crippen LogP contribution in [0.4, 0.5) is 11.5 Å². The van der Waals surface area contributed by atoms with Gasteiger partial charge in [-0.05, 0) is 38.3 Å². The Morgan fingerprint density at radius 3 is 2.68 bits per heavy atom. The van der Waals surface area contributed by atoms with Crippen molar-refractivity contribution >= 4 is 29.2 Å². The van der Waals surface area contributed by atoms with Crippen LogP contribution in [0.25, 0.3) is 0 Å². The SMILES string of the molecule is Cc1cc(NC(=O)C2CCCN2C(=O)C2CCC(=O)N2c2ccccc2)no1. The van der Waals surface area contributed by atoms with Crippen molar-refractivity contribution in [3.8, 4) is 0 Å². The summed E-state index contributed by atoms with van der Waals surface area (Å²) in [6.07, 6.45) is 2.11.